The maximum atomic E-state index is 2.31. The van der Waals surface area contributed by atoms with Crippen molar-refractivity contribution in [1.82, 2.24) is 4.90 Å². The summed E-state index contributed by atoms with van der Waals surface area (Å²) in [5.74, 6) is 0. The molecule has 0 bridgehead atoms. The summed E-state index contributed by atoms with van der Waals surface area (Å²) >= 11 is 0. The molecule has 0 saturated carbocycles. The van der Waals surface area contributed by atoms with Crippen LogP contribution in [0.2, 0.25) is 0 Å². The molecule has 0 N–H and O–H groups in total. The summed E-state index contributed by atoms with van der Waals surface area (Å²) in [5.41, 5.74) is 2.87. The Labute approximate surface area is 86.1 Å². The third-order valence-corrected chi connectivity index (χ3v) is 2.93. The number of hydrogen-bond acceptors (Lipinski definition) is 1. The second-order valence-corrected chi connectivity index (χ2v) is 4.13. The van der Waals surface area contributed by atoms with Gasteiger partial charge in [-0.15, -0.1) is 0 Å². The van der Waals surface area contributed by atoms with Crippen LogP contribution in [0.1, 0.15) is 17.5 Å². The summed E-state index contributed by atoms with van der Waals surface area (Å²) in [6.45, 7) is 0. The van der Waals surface area contributed by atoms with Crippen molar-refractivity contribution in [2.75, 3.05) is 14.1 Å². The molecule has 1 heteroatoms. The number of likely N-dealkylation sites (N-methyl/N-ethyl adjacent to an activating group) is 1. The molecule has 0 aliphatic heterocycles. The van der Waals surface area contributed by atoms with Gasteiger partial charge in [0.15, 0.2) is 0 Å². The molecule has 0 saturated heterocycles. The molecule has 74 valence electrons. The van der Waals surface area contributed by atoms with E-state index in [9.17, 15) is 0 Å². The zero-order valence-corrected chi connectivity index (χ0v) is 8.90. The number of fused-ring (bicyclic) bond motifs is 1. The normalized spacial score (nSPS) is 20.6. The fraction of sp³-hybridized carbons (Fsp3) is 0.385. The number of benzene rings is 1. The van der Waals surface area contributed by atoms with Crippen molar-refractivity contribution in [2.45, 2.75) is 18.9 Å². The quantitative estimate of drug-likeness (QED) is 0.653. The van der Waals surface area contributed by atoms with Crippen LogP contribution in [0, 0.1) is 0 Å². The van der Waals surface area contributed by atoms with E-state index in [0.717, 1.165) is 0 Å². The van der Waals surface area contributed by atoms with Gasteiger partial charge in [-0.3, -0.25) is 0 Å². The largest absolute Gasteiger partial charge is 0.303 e. The first-order valence-corrected chi connectivity index (χ1v) is 5.20. The van der Waals surface area contributed by atoms with Crippen LogP contribution in [-0.2, 0) is 6.42 Å². The van der Waals surface area contributed by atoms with Gasteiger partial charge in [-0.1, -0.05) is 36.4 Å². The maximum absolute atomic E-state index is 2.31. The van der Waals surface area contributed by atoms with Crippen molar-refractivity contribution < 1.29 is 0 Å². The summed E-state index contributed by atoms with van der Waals surface area (Å²) in [4.78, 5) is 2.28. The minimum Gasteiger partial charge on any atom is -0.303 e. The van der Waals surface area contributed by atoms with Gasteiger partial charge in [0.25, 0.3) is 0 Å². The SMILES string of the molecule is CN(C)C1C=Cc2ccccc2CC1. The molecule has 0 radical (unpaired) electrons. The van der Waals surface area contributed by atoms with Gasteiger partial charge in [-0.25, -0.2) is 0 Å². The Hall–Kier alpha value is -1.08. The van der Waals surface area contributed by atoms with Crippen molar-refractivity contribution in [3.63, 3.8) is 0 Å². The van der Waals surface area contributed by atoms with Gasteiger partial charge in [0.2, 0.25) is 0 Å². The lowest BCUT2D eigenvalue weighted by Gasteiger charge is -2.19. The first-order chi connectivity index (χ1) is 6.77. The topological polar surface area (TPSA) is 3.24 Å². The Morgan fingerprint density at radius 3 is 2.79 bits per heavy atom. The molecule has 0 heterocycles. The minimum absolute atomic E-state index is 0.586. The molecule has 0 amide bonds. The van der Waals surface area contributed by atoms with Crippen LogP contribution in [-0.4, -0.2) is 25.0 Å². The van der Waals surface area contributed by atoms with Gasteiger partial charge in [-0.2, -0.15) is 0 Å². The van der Waals surface area contributed by atoms with Crippen LogP contribution in [0.25, 0.3) is 6.08 Å². The smallest absolute Gasteiger partial charge is 0.0278 e. The van der Waals surface area contributed by atoms with E-state index in [1.807, 2.05) is 0 Å². The third kappa shape index (κ3) is 1.88. The molecule has 1 atom stereocenters. The molecule has 2 rings (SSSR count). The molecular formula is C13H17N. The van der Waals surface area contributed by atoms with Crippen LogP contribution in [0.5, 0.6) is 0 Å². The highest BCUT2D eigenvalue weighted by atomic mass is 15.1. The van der Waals surface area contributed by atoms with E-state index in [4.69, 9.17) is 0 Å². The molecule has 0 aromatic heterocycles. The molecule has 1 unspecified atom stereocenters. The van der Waals surface area contributed by atoms with Gasteiger partial charge in [0.1, 0.15) is 0 Å². The highest BCUT2D eigenvalue weighted by molar-refractivity contribution is 5.55. The maximum Gasteiger partial charge on any atom is 0.0278 e. The van der Waals surface area contributed by atoms with Gasteiger partial charge in [0.05, 0.1) is 0 Å². The zero-order chi connectivity index (χ0) is 9.97. The van der Waals surface area contributed by atoms with E-state index in [2.05, 4.69) is 55.4 Å². The summed E-state index contributed by atoms with van der Waals surface area (Å²) in [6, 6.07) is 9.26. The van der Waals surface area contributed by atoms with Gasteiger partial charge >= 0.3 is 0 Å². The van der Waals surface area contributed by atoms with Gasteiger partial charge < -0.3 is 4.90 Å². The Bertz CT molecular complexity index is 339. The van der Waals surface area contributed by atoms with Crippen LogP contribution in [0.15, 0.2) is 30.3 Å². The average Bonchev–Trinajstić information content (AvgIpc) is 2.39. The first kappa shape index (κ1) is 9.47. The molecule has 1 aromatic carbocycles. The lowest BCUT2D eigenvalue weighted by atomic mass is 10.0. The predicted octanol–water partition coefficient (Wildman–Crippen LogP) is 2.58. The van der Waals surface area contributed by atoms with E-state index >= 15 is 0 Å². The Balaban J connectivity index is 2.25. The molecule has 1 aliphatic rings. The van der Waals surface area contributed by atoms with Crippen LogP contribution >= 0.6 is 0 Å². The van der Waals surface area contributed by atoms with Gasteiger partial charge in [-0.05, 0) is 38.1 Å². The van der Waals surface area contributed by atoms with Crippen molar-refractivity contribution >= 4 is 6.08 Å². The fourth-order valence-corrected chi connectivity index (χ4v) is 1.97. The van der Waals surface area contributed by atoms with Crippen molar-refractivity contribution in [2.24, 2.45) is 0 Å². The average molecular weight is 187 g/mol. The van der Waals surface area contributed by atoms with Crippen LogP contribution in [0.4, 0.5) is 0 Å². The number of hydrogen-bond donors (Lipinski definition) is 0. The summed E-state index contributed by atoms with van der Waals surface area (Å²) in [5, 5.41) is 0. The van der Waals surface area contributed by atoms with E-state index in [-0.39, 0.29) is 0 Å². The van der Waals surface area contributed by atoms with Gasteiger partial charge in [0, 0.05) is 6.04 Å². The molecule has 14 heavy (non-hydrogen) atoms. The minimum atomic E-state index is 0.586. The second-order valence-electron chi connectivity index (χ2n) is 4.13. The number of aryl methyl sites for hydroxylation is 1. The van der Waals surface area contributed by atoms with E-state index in [1.165, 1.54) is 24.0 Å². The highest BCUT2D eigenvalue weighted by Crippen LogP contribution is 2.19. The first-order valence-electron chi connectivity index (χ1n) is 5.20. The number of rotatable bonds is 1. The lowest BCUT2D eigenvalue weighted by Crippen LogP contribution is -2.25. The van der Waals surface area contributed by atoms with Crippen LogP contribution < -0.4 is 0 Å². The van der Waals surface area contributed by atoms with E-state index in [0.29, 0.717) is 6.04 Å². The summed E-state index contributed by atoms with van der Waals surface area (Å²) in [7, 11) is 4.29. The standard InChI is InChI=1S/C13H17N/c1-14(2)13-9-7-11-5-3-4-6-12(11)8-10-13/h3-7,9,13H,8,10H2,1-2H3. The summed E-state index contributed by atoms with van der Waals surface area (Å²) in [6.07, 6.45) is 6.98. The van der Waals surface area contributed by atoms with Crippen molar-refractivity contribution in [3.8, 4) is 0 Å². The third-order valence-electron chi connectivity index (χ3n) is 2.93. The zero-order valence-electron chi connectivity index (χ0n) is 8.90. The Morgan fingerprint density at radius 1 is 1.21 bits per heavy atom. The highest BCUT2D eigenvalue weighted by Gasteiger charge is 2.12. The second kappa shape index (κ2) is 3.97. The van der Waals surface area contributed by atoms with Crippen molar-refractivity contribution in [3.05, 3.63) is 41.5 Å². The molecule has 1 nitrogen and oxygen atoms in total. The fourth-order valence-electron chi connectivity index (χ4n) is 1.97. The number of nitrogens with zero attached hydrogens (tertiary/aromatic N) is 1. The predicted molar refractivity (Wildman–Crippen MR) is 61.3 cm³/mol. The monoisotopic (exact) mass is 187 g/mol. The molecular weight excluding hydrogens is 170 g/mol. The Kier molecular flexibility index (Phi) is 2.69. The summed E-state index contributed by atoms with van der Waals surface area (Å²) < 4.78 is 0. The van der Waals surface area contributed by atoms with E-state index < -0.39 is 0 Å². The van der Waals surface area contributed by atoms with Crippen LogP contribution in [0.3, 0.4) is 0 Å². The van der Waals surface area contributed by atoms with Crippen molar-refractivity contribution in [1.29, 1.82) is 0 Å². The van der Waals surface area contributed by atoms with E-state index in [1.54, 1.807) is 0 Å². The molecule has 0 spiro atoms. The molecule has 0 fully saturated rings. The lowest BCUT2D eigenvalue weighted by molar-refractivity contribution is 0.330. The Morgan fingerprint density at radius 2 is 2.00 bits per heavy atom. The molecule has 1 aromatic rings. The molecule has 1 aliphatic carbocycles.